The lowest BCUT2D eigenvalue weighted by atomic mass is 10.1. The molecule has 1 saturated heterocycles. The van der Waals surface area contributed by atoms with Crippen LogP contribution in [0.25, 0.3) is 0 Å². The molecule has 1 aliphatic heterocycles. The largest absolute Gasteiger partial charge is 0.493 e. The highest BCUT2D eigenvalue weighted by Gasteiger charge is 2.13. The molecule has 0 amide bonds. The molecule has 1 aromatic rings. The number of carbonyl (C=O) groups is 1. The number of hydrogen-bond acceptors (Lipinski definition) is 4. The molecule has 1 aliphatic rings. The van der Waals surface area contributed by atoms with E-state index >= 15 is 0 Å². The summed E-state index contributed by atoms with van der Waals surface area (Å²) in [4.78, 5) is 15.7. The van der Waals surface area contributed by atoms with Crippen LogP contribution in [0.5, 0.6) is 5.75 Å². The highest BCUT2D eigenvalue weighted by atomic mass is 16.5. The number of ether oxygens (including phenoxy) is 1. The van der Waals surface area contributed by atoms with Crippen LogP contribution in [0.4, 0.5) is 0 Å². The molecule has 1 heterocycles. The van der Waals surface area contributed by atoms with Gasteiger partial charge in [0.2, 0.25) is 0 Å². The Balaban J connectivity index is 1.77. The van der Waals surface area contributed by atoms with Crippen LogP contribution in [0.3, 0.4) is 0 Å². The van der Waals surface area contributed by atoms with Crippen LogP contribution in [0, 0.1) is 13.8 Å². The van der Waals surface area contributed by atoms with Crippen LogP contribution in [-0.2, 0) is 0 Å². The number of carbonyl (C=O) groups excluding carboxylic acids is 1. The number of likely N-dealkylation sites (N-methyl/N-ethyl adjacent to an activating group) is 1. The molecule has 0 spiro atoms. The summed E-state index contributed by atoms with van der Waals surface area (Å²) in [5.74, 6) is 0.930. The van der Waals surface area contributed by atoms with Gasteiger partial charge in [-0.2, -0.15) is 0 Å². The standard InChI is InChI=1S/C17H26N2O2/c1-14-11-16(13-20)12-15(2)17(14)21-10-4-5-19-8-6-18(3)7-9-19/h11-13H,4-10H2,1-3H3. The monoisotopic (exact) mass is 290 g/mol. The molecule has 2 rings (SSSR count). The van der Waals surface area contributed by atoms with Crippen LogP contribution >= 0.6 is 0 Å². The van der Waals surface area contributed by atoms with Gasteiger partial charge < -0.3 is 14.5 Å². The maximum absolute atomic E-state index is 10.8. The molecular weight excluding hydrogens is 264 g/mol. The molecule has 0 aromatic heterocycles. The maximum atomic E-state index is 10.8. The third kappa shape index (κ3) is 4.55. The van der Waals surface area contributed by atoms with E-state index in [-0.39, 0.29) is 0 Å². The van der Waals surface area contributed by atoms with E-state index in [0.717, 1.165) is 74.5 Å². The van der Waals surface area contributed by atoms with Crippen molar-refractivity contribution >= 4 is 6.29 Å². The third-order valence-electron chi connectivity index (χ3n) is 4.08. The Kier molecular flexibility index (Phi) is 5.76. The number of piperazine rings is 1. The summed E-state index contributed by atoms with van der Waals surface area (Å²) in [6.07, 6.45) is 1.93. The number of benzene rings is 1. The van der Waals surface area contributed by atoms with Crippen molar-refractivity contribution in [3.05, 3.63) is 28.8 Å². The van der Waals surface area contributed by atoms with Crippen molar-refractivity contribution < 1.29 is 9.53 Å². The number of rotatable bonds is 6. The lowest BCUT2D eigenvalue weighted by molar-refractivity contribution is 0.112. The molecule has 0 radical (unpaired) electrons. The first-order valence-electron chi connectivity index (χ1n) is 7.70. The maximum Gasteiger partial charge on any atom is 0.150 e. The fourth-order valence-corrected chi connectivity index (χ4v) is 2.81. The molecule has 0 saturated carbocycles. The molecule has 21 heavy (non-hydrogen) atoms. The smallest absolute Gasteiger partial charge is 0.150 e. The van der Waals surface area contributed by atoms with Crippen molar-refractivity contribution in [2.45, 2.75) is 20.3 Å². The molecule has 1 fully saturated rings. The second kappa shape index (κ2) is 7.57. The molecule has 0 N–H and O–H groups in total. The van der Waals surface area contributed by atoms with Crippen LogP contribution in [0.15, 0.2) is 12.1 Å². The summed E-state index contributed by atoms with van der Waals surface area (Å²) in [7, 11) is 2.18. The number of aldehydes is 1. The molecule has 1 aromatic carbocycles. The zero-order valence-corrected chi connectivity index (χ0v) is 13.4. The number of hydrogen-bond donors (Lipinski definition) is 0. The molecule has 0 bridgehead atoms. The molecule has 0 aliphatic carbocycles. The minimum absolute atomic E-state index is 0.717. The second-order valence-corrected chi connectivity index (χ2v) is 5.95. The zero-order chi connectivity index (χ0) is 15.2. The van der Waals surface area contributed by atoms with E-state index in [1.165, 1.54) is 0 Å². The Morgan fingerprint density at radius 2 is 1.76 bits per heavy atom. The first-order chi connectivity index (χ1) is 10.1. The van der Waals surface area contributed by atoms with Gasteiger partial charge in [-0.1, -0.05) is 0 Å². The van der Waals surface area contributed by atoms with E-state index in [1.807, 2.05) is 26.0 Å². The molecule has 4 heteroatoms. The number of aryl methyl sites for hydroxylation is 2. The van der Waals surface area contributed by atoms with Crippen LogP contribution in [-0.4, -0.2) is 62.5 Å². The van der Waals surface area contributed by atoms with Gasteiger partial charge in [0.25, 0.3) is 0 Å². The summed E-state index contributed by atoms with van der Waals surface area (Å²) in [5.41, 5.74) is 2.79. The molecule has 0 unspecified atom stereocenters. The highest BCUT2D eigenvalue weighted by Crippen LogP contribution is 2.24. The van der Waals surface area contributed by atoms with Crippen molar-refractivity contribution in [3.63, 3.8) is 0 Å². The van der Waals surface area contributed by atoms with E-state index in [0.29, 0.717) is 0 Å². The summed E-state index contributed by atoms with van der Waals surface area (Å²) in [6, 6.07) is 3.77. The summed E-state index contributed by atoms with van der Waals surface area (Å²) in [6.45, 7) is 10.4. The van der Waals surface area contributed by atoms with Crippen LogP contribution < -0.4 is 4.74 Å². The Morgan fingerprint density at radius 1 is 1.14 bits per heavy atom. The Morgan fingerprint density at radius 3 is 2.33 bits per heavy atom. The minimum Gasteiger partial charge on any atom is -0.493 e. The first-order valence-corrected chi connectivity index (χ1v) is 7.70. The van der Waals surface area contributed by atoms with E-state index < -0.39 is 0 Å². The van der Waals surface area contributed by atoms with Gasteiger partial charge in [0.15, 0.2) is 0 Å². The van der Waals surface area contributed by atoms with Crippen molar-refractivity contribution in [2.24, 2.45) is 0 Å². The zero-order valence-electron chi connectivity index (χ0n) is 13.4. The molecule has 4 nitrogen and oxygen atoms in total. The van der Waals surface area contributed by atoms with Crippen molar-refractivity contribution in [1.82, 2.24) is 9.80 Å². The van der Waals surface area contributed by atoms with E-state index in [9.17, 15) is 4.79 Å². The van der Waals surface area contributed by atoms with Gasteiger partial charge in [0.1, 0.15) is 12.0 Å². The summed E-state index contributed by atoms with van der Waals surface area (Å²) >= 11 is 0. The van der Waals surface area contributed by atoms with Crippen molar-refractivity contribution in [3.8, 4) is 5.75 Å². The van der Waals surface area contributed by atoms with E-state index in [1.54, 1.807) is 0 Å². The van der Waals surface area contributed by atoms with Crippen molar-refractivity contribution in [1.29, 1.82) is 0 Å². The van der Waals surface area contributed by atoms with Gasteiger partial charge in [-0.05, 0) is 50.6 Å². The van der Waals surface area contributed by atoms with Crippen molar-refractivity contribution in [2.75, 3.05) is 46.4 Å². The van der Waals surface area contributed by atoms with Gasteiger partial charge >= 0.3 is 0 Å². The average molecular weight is 290 g/mol. The Hall–Kier alpha value is -1.39. The fraction of sp³-hybridized carbons (Fsp3) is 0.588. The predicted octanol–water partition coefficient (Wildman–Crippen LogP) is 2.13. The second-order valence-electron chi connectivity index (χ2n) is 5.95. The molecule has 0 atom stereocenters. The first kappa shape index (κ1) is 16.0. The lowest BCUT2D eigenvalue weighted by Crippen LogP contribution is -2.44. The van der Waals surface area contributed by atoms with Gasteiger partial charge in [0.05, 0.1) is 6.61 Å². The van der Waals surface area contributed by atoms with Gasteiger partial charge in [-0.15, -0.1) is 0 Å². The normalized spacial score (nSPS) is 16.9. The predicted molar refractivity (Wildman–Crippen MR) is 85.4 cm³/mol. The van der Waals surface area contributed by atoms with Gasteiger partial charge in [0, 0.05) is 38.3 Å². The van der Waals surface area contributed by atoms with Gasteiger partial charge in [-0.3, -0.25) is 4.79 Å². The molecule has 116 valence electrons. The third-order valence-corrected chi connectivity index (χ3v) is 4.08. The highest BCUT2D eigenvalue weighted by molar-refractivity contribution is 5.76. The van der Waals surface area contributed by atoms with E-state index in [4.69, 9.17) is 4.74 Å². The molecular formula is C17H26N2O2. The quantitative estimate of drug-likeness (QED) is 0.593. The Labute approximate surface area is 127 Å². The minimum atomic E-state index is 0.717. The van der Waals surface area contributed by atoms with Gasteiger partial charge in [-0.25, -0.2) is 0 Å². The topological polar surface area (TPSA) is 32.8 Å². The fourth-order valence-electron chi connectivity index (χ4n) is 2.81. The van der Waals surface area contributed by atoms with Crippen LogP contribution in [0.2, 0.25) is 0 Å². The summed E-state index contributed by atoms with van der Waals surface area (Å²) < 4.78 is 5.93. The lowest BCUT2D eigenvalue weighted by Gasteiger charge is -2.32. The van der Waals surface area contributed by atoms with E-state index in [2.05, 4.69) is 16.8 Å². The Bertz CT molecular complexity index is 457. The number of nitrogens with zero attached hydrogens (tertiary/aromatic N) is 2. The average Bonchev–Trinajstić information content (AvgIpc) is 2.47. The SMILES string of the molecule is Cc1cc(C=O)cc(C)c1OCCCN1CCN(C)CC1. The summed E-state index contributed by atoms with van der Waals surface area (Å²) in [5, 5.41) is 0. The van der Waals surface area contributed by atoms with Crippen LogP contribution in [0.1, 0.15) is 27.9 Å².